The normalized spacial score (nSPS) is 9.80. The molecule has 0 saturated heterocycles. The summed E-state index contributed by atoms with van der Waals surface area (Å²) in [5.41, 5.74) is 1.05. The molecular formula is C7H9NOS. The van der Waals surface area contributed by atoms with Crippen molar-refractivity contribution in [2.75, 3.05) is 6.26 Å². The average molecular weight is 155 g/mol. The number of rotatable bonds is 1. The van der Waals surface area contributed by atoms with Crippen LogP contribution < -0.4 is 5.56 Å². The zero-order valence-electron chi connectivity index (χ0n) is 5.97. The number of aryl methyl sites for hydroxylation is 1. The first-order chi connectivity index (χ1) is 4.75. The molecule has 0 aliphatic carbocycles. The van der Waals surface area contributed by atoms with Gasteiger partial charge in [0.2, 0.25) is 0 Å². The summed E-state index contributed by atoms with van der Waals surface area (Å²) >= 11 is 1.48. The van der Waals surface area contributed by atoms with Crippen LogP contribution in [0.25, 0.3) is 0 Å². The fourth-order valence-electron chi connectivity index (χ4n) is 0.816. The van der Waals surface area contributed by atoms with E-state index in [1.54, 1.807) is 6.20 Å². The number of hydrogen-bond donors (Lipinski definition) is 1. The van der Waals surface area contributed by atoms with Gasteiger partial charge in [0.25, 0.3) is 5.56 Å². The Morgan fingerprint density at radius 1 is 1.60 bits per heavy atom. The SMILES string of the molecule is CSc1c(C)cc[nH]c1=O. The molecule has 0 atom stereocenters. The van der Waals surface area contributed by atoms with Gasteiger partial charge >= 0.3 is 0 Å². The highest BCUT2D eigenvalue weighted by Gasteiger charge is 1.98. The first-order valence-electron chi connectivity index (χ1n) is 2.98. The minimum absolute atomic E-state index is 0.00694. The van der Waals surface area contributed by atoms with E-state index in [2.05, 4.69) is 4.98 Å². The third-order valence-electron chi connectivity index (χ3n) is 1.32. The predicted molar refractivity (Wildman–Crippen MR) is 43.6 cm³/mol. The van der Waals surface area contributed by atoms with Crippen LogP contribution in [0.3, 0.4) is 0 Å². The first-order valence-corrected chi connectivity index (χ1v) is 4.20. The van der Waals surface area contributed by atoms with Crippen LogP contribution in [-0.2, 0) is 0 Å². The predicted octanol–water partition coefficient (Wildman–Crippen LogP) is 1.41. The van der Waals surface area contributed by atoms with Crippen molar-refractivity contribution in [3.8, 4) is 0 Å². The van der Waals surface area contributed by atoms with Gasteiger partial charge in [-0.25, -0.2) is 0 Å². The molecule has 54 valence electrons. The molecule has 0 amide bonds. The van der Waals surface area contributed by atoms with Crippen LogP contribution in [-0.4, -0.2) is 11.2 Å². The van der Waals surface area contributed by atoms with E-state index in [9.17, 15) is 4.79 Å². The summed E-state index contributed by atoms with van der Waals surface area (Å²) in [5, 5.41) is 0. The average Bonchev–Trinajstić information content (AvgIpc) is 1.88. The molecule has 0 saturated carbocycles. The zero-order valence-corrected chi connectivity index (χ0v) is 6.79. The zero-order chi connectivity index (χ0) is 7.56. The second kappa shape index (κ2) is 2.92. The van der Waals surface area contributed by atoms with Crippen molar-refractivity contribution >= 4 is 11.8 Å². The Labute approximate surface area is 63.7 Å². The molecule has 1 aromatic rings. The molecule has 0 radical (unpaired) electrons. The Kier molecular flexibility index (Phi) is 2.17. The van der Waals surface area contributed by atoms with Crippen molar-refractivity contribution < 1.29 is 0 Å². The molecule has 0 fully saturated rings. The van der Waals surface area contributed by atoms with Gasteiger partial charge in [0.15, 0.2) is 0 Å². The highest BCUT2D eigenvalue weighted by atomic mass is 32.2. The standard InChI is InChI=1S/C7H9NOS/c1-5-3-4-8-7(9)6(5)10-2/h3-4H,1-2H3,(H,8,9). The van der Waals surface area contributed by atoms with E-state index in [4.69, 9.17) is 0 Å². The highest BCUT2D eigenvalue weighted by Crippen LogP contribution is 2.12. The van der Waals surface area contributed by atoms with Crippen LogP contribution in [0.1, 0.15) is 5.56 Å². The van der Waals surface area contributed by atoms with Gasteiger partial charge in [-0.15, -0.1) is 11.8 Å². The number of thioether (sulfide) groups is 1. The summed E-state index contributed by atoms with van der Waals surface area (Å²) in [7, 11) is 0. The Hall–Kier alpha value is -0.700. The molecule has 0 spiro atoms. The summed E-state index contributed by atoms with van der Waals surface area (Å²) in [4.78, 5) is 14.4. The summed E-state index contributed by atoms with van der Waals surface area (Å²) < 4.78 is 0. The number of pyridine rings is 1. The van der Waals surface area contributed by atoms with Crippen molar-refractivity contribution in [1.82, 2.24) is 4.98 Å². The molecule has 10 heavy (non-hydrogen) atoms. The van der Waals surface area contributed by atoms with E-state index in [1.165, 1.54) is 11.8 Å². The van der Waals surface area contributed by atoms with Gasteiger partial charge in [-0.05, 0) is 24.8 Å². The maximum absolute atomic E-state index is 11.0. The molecule has 0 aromatic carbocycles. The van der Waals surface area contributed by atoms with E-state index >= 15 is 0 Å². The number of nitrogens with one attached hydrogen (secondary N) is 1. The molecule has 1 rings (SSSR count). The Morgan fingerprint density at radius 3 is 2.70 bits per heavy atom. The van der Waals surface area contributed by atoms with Gasteiger partial charge in [-0.3, -0.25) is 4.79 Å². The van der Waals surface area contributed by atoms with Gasteiger partial charge in [0, 0.05) is 6.20 Å². The Bertz CT molecular complexity index is 279. The van der Waals surface area contributed by atoms with E-state index in [1.807, 2.05) is 19.2 Å². The maximum atomic E-state index is 11.0. The number of hydrogen-bond acceptors (Lipinski definition) is 2. The summed E-state index contributed by atoms with van der Waals surface area (Å²) in [6.07, 6.45) is 3.56. The lowest BCUT2D eigenvalue weighted by Crippen LogP contribution is -2.07. The topological polar surface area (TPSA) is 32.9 Å². The fraction of sp³-hybridized carbons (Fsp3) is 0.286. The van der Waals surface area contributed by atoms with Gasteiger partial charge < -0.3 is 4.98 Å². The second-order valence-electron chi connectivity index (χ2n) is 2.02. The molecule has 0 unspecified atom stereocenters. The summed E-state index contributed by atoms with van der Waals surface area (Å²) in [5.74, 6) is 0. The van der Waals surface area contributed by atoms with Gasteiger partial charge in [0.05, 0.1) is 4.90 Å². The monoisotopic (exact) mass is 155 g/mol. The maximum Gasteiger partial charge on any atom is 0.261 e. The molecule has 1 N–H and O–H groups in total. The van der Waals surface area contributed by atoms with E-state index in [0.29, 0.717) is 0 Å². The van der Waals surface area contributed by atoms with Crippen LogP contribution >= 0.6 is 11.8 Å². The third kappa shape index (κ3) is 1.24. The lowest BCUT2D eigenvalue weighted by Gasteiger charge is -1.97. The molecule has 0 aliphatic rings. The van der Waals surface area contributed by atoms with Crippen LogP contribution in [0, 0.1) is 6.92 Å². The molecule has 3 heteroatoms. The van der Waals surface area contributed by atoms with Gasteiger partial charge in [-0.1, -0.05) is 0 Å². The van der Waals surface area contributed by atoms with Crippen LogP contribution in [0.15, 0.2) is 22.0 Å². The molecule has 1 aromatic heterocycles. The van der Waals surface area contributed by atoms with E-state index < -0.39 is 0 Å². The second-order valence-corrected chi connectivity index (χ2v) is 2.84. The molecule has 1 heterocycles. The molecular weight excluding hydrogens is 146 g/mol. The van der Waals surface area contributed by atoms with Gasteiger partial charge in [-0.2, -0.15) is 0 Å². The summed E-state index contributed by atoms with van der Waals surface area (Å²) in [6.45, 7) is 1.93. The van der Waals surface area contributed by atoms with Crippen LogP contribution in [0.5, 0.6) is 0 Å². The van der Waals surface area contributed by atoms with Crippen molar-refractivity contribution in [2.24, 2.45) is 0 Å². The molecule has 0 aliphatic heterocycles. The number of H-pyrrole nitrogens is 1. The van der Waals surface area contributed by atoms with Crippen molar-refractivity contribution in [2.45, 2.75) is 11.8 Å². The Morgan fingerprint density at radius 2 is 2.30 bits per heavy atom. The highest BCUT2D eigenvalue weighted by molar-refractivity contribution is 7.98. The smallest absolute Gasteiger partial charge is 0.261 e. The largest absolute Gasteiger partial charge is 0.328 e. The van der Waals surface area contributed by atoms with Crippen LogP contribution in [0.2, 0.25) is 0 Å². The van der Waals surface area contributed by atoms with E-state index in [0.717, 1.165) is 10.5 Å². The van der Waals surface area contributed by atoms with Crippen LogP contribution in [0.4, 0.5) is 0 Å². The lowest BCUT2D eigenvalue weighted by molar-refractivity contribution is 1.10. The Balaban J connectivity index is 3.31. The summed E-state index contributed by atoms with van der Waals surface area (Å²) in [6, 6.07) is 1.90. The minimum Gasteiger partial charge on any atom is -0.328 e. The first kappa shape index (κ1) is 7.41. The van der Waals surface area contributed by atoms with Crippen molar-refractivity contribution in [3.63, 3.8) is 0 Å². The quantitative estimate of drug-likeness (QED) is 0.622. The molecule has 0 bridgehead atoms. The third-order valence-corrected chi connectivity index (χ3v) is 2.23. The lowest BCUT2D eigenvalue weighted by atomic mass is 10.3. The van der Waals surface area contributed by atoms with E-state index in [-0.39, 0.29) is 5.56 Å². The molecule has 2 nitrogen and oxygen atoms in total. The van der Waals surface area contributed by atoms with Gasteiger partial charge in [0.1, 0.15) is 0 Å². The number of aromatic amines is 1. The number of aromatic nitrogens is 1. The van der Waals surface area contributed by atoms with Crippen molar-refractivity contribution in [1.29, 1.82) is 0 Å². The fourth-order valence-corrected chi connectivity index (χ4v) is 1.45. The van der Waals surface area contributed by atoms with Crippen molar-refractivity contribution in [3.05, 3.63) is 28.2 Å². The minimum atomic E-state index is 0.00694.